The second-order valence-electron chi connectivity index (χ2n) is 3.51. The normalized spacial score (nSPS) is 10.1. The molecule has 0 unspecified atom stereocenters. The van der Waals surface area contributed by atoms with E-state index in [9.17, 15) is 0 Å². The lowest BCUT2D eigenvalue weighted by atomic mass is 10.0. The summed E-state index contributed by atoms with van der Waals surface area (Å²) in [6, 6.07) is 5.88. The first-order chi connectivity index (χ1) is 7.70. The van der Waals surface area contributed by atoms with Gasteiger partial charge in [-0.25, -0.2) is 9.97 Å². The molecule has 0 aliphatic heterocycles. The van der Waals surface area contributed by atoms with E-state index in [2.05, 4.69) is 9.97 Å². The number of hydrogen-bond donors (Lipinski definition) is 1. The third-order valence-electron chi connectivity index (χ3n) is 2.42. The first-order valence-corrected chi connectivity index (χ1v) is 4.93. The Labute approximate surface area is 94.1 Å². The molecule has 0 aliphatic rings. The van der Waals surface area contributed by atoms with Gasteiger partial charge in [0.25, 0.3) is 0 Å². The van der Waals surface area contributed by atoms with Gasteiger partial charge < -0.3 is 10.5 Å². The maximum absolute atomic E-state index is 5.45. The number of ether oxygens (including phenoxy) is 1. The van der Waals surface area contributed by atoms with E-state index < -0.39 is 0 Å². The molecule has 0 amide bonds. The topological polar surface area (TPSA) is 61.0 Å². The molecule has 0 radical (unpaired) electrons. The largest absolute Gasteiger partial charge is 0.497 e. The molecule has 0 saturated heterocycles. The molecule has 1 aromatic carbocycles. The van der Waals surface area contributed by atoms with Crippen LogP contribution in [0, 0.1) is 6.92 Å². The van der Waals surface area contributed by atoms with E-state index in [1.54, 1.807) is 19.5 Å². The molecule has 2 aromatic rings. The average molecular weight is 215 g/mol. The lowest BCUT2D eigenvalue weighted by molar-refractivity contribution is 0.414. The summed E-state index contributed by atoms with van der Waals surface area (Å²) < 4.78 is 5.15. The van der Waals surface area contributed by atoms with Crippen molar-refractivity contribution in [3.8, 4) is 16.9 Å². The zero-order valence-corrected chi connectivity index (χ0v) is 9.27. The summed E-state index contributed by atoms with van der Waals surface area (Å²) in [6.45, 7) is 2.02. The van der Waals surface area contributed by atoms with Crippen molar-refractivity contribution in [2.24, 2.45) is 0 Å². The van der Waals surface area contributed by atoms with Crippen molar-refractivity contribution in [1.82, 2.24) is 9.97 Å². The number of benzene rings is 1. The van der Waals surface area contributed by atoms with Crippen LogP contribution in [0.15, 0.2) is 30.6 Å². The third-order valence-corrected chi connectivity index (χ3v) is 2.42. The molecule has 16 heavy (non-hydrogen) atoms. The maximum atomic E-state index is 5.45. The smallest absolute Gasteiger partial charge is 0.219 e. The van der Waals surface area contributed by atoms with Gasteiger partial charge in [0.1, 0.15) is 5.75 Å². The van der Waals surface area contributed by atoms with Gasteiger partial charge in [-0.05, 0) is 30.2 Å². The van der Waals surface area contributed by atoms with Crippen LogP contribution in [0.4, 0.5) is 5.95 Å². The van der Waals surface area contributed by atoms with Crippen LogP contribution in [-0.4, -0.2) is 17.1 Å². The lowest BCUT2D eigenvalue weighted by Gasteiger charge is -2.07. The number of hydrogen-bond acceptors (Lipinski definition) is 4. The monoisotopic (exact) mass is 215 g/mol. The minimum atomic E-state index is 0.287. The van der Waals surface area contributed by atoms with Crippen molar-refractivity contribution in [1.29, 1.82) is 0 Å². The third kappa shape index (κ3) is 1.95. The number of nitrogens with two attached hydrogens (primary N) is 1. The van der Waals surface area contributed by atoms with E-state index in [1.807, 2.05) is 25.1 Å². The number of nitrogen functional groups attached to an aromatic ring is 1. The second kappa shape index (κ2) is 4.18. The summed E-state index contributed by atoms with van der Waals surface area (Å²) in [6.07, 6.45) is 3.44. The summed E-state index contributed by atoms with van der Waals surface area (Å²) in [5.74, 6) is 1.13. The summed E-state index contributed by atoms with van der Waals surface area (Å²) >= 11 is 0. The molecule has 0 bridgehead atoms. The van der Waals surface area contributed by atoms with E-state index in [-0.39, 0.29) is 5.95 Å². The number of nitrogens with zero attached hydrogens (tertiary/aromatic N) is 2. The van der Waals surface area contributed by atoms with E-state index in [0.717, 1.165) is 22.4 Å². The van der Waals surface area contributed by atoms with Gasteiger partial charge in [0, 0.05) is 18.0 Å². The van der Waals surface area contributed by atoms with Crippen LogP contribution >= 0.6 is 0 Å². The van der Waals surface area contributed by atoms with Gasteiger partial charge in [-0.1, -0.05) is 6.07 Å². The first-order valence-electron chi connectivity index (χ1n) is 4.93. The van der Waals surface area contributed by atoms with E-state index in [4.69, 9.17) is 10.5 Å². The Morgan fingerprint density at radius 2 is 1.88 bits per heavy atom. The molecule has 1 heterocycles. The minimum absolute atomic E-state index is 0.287. The second-order valence-corrected chi connectivity index (χ2v) is 3.51. The van der Waals surface area contributed by atoms with Gasteiger partial charge in [-0.15, -0.1) is 0 Å². The van der Waals surface area contributed by atoms with Crippen molar-refractivity contribution in [3.63, 3.8) is 0 Å². The molecule has 0 fully saturated rings. The van der Waals surface area contributed by atoms with Crippen LogP contribution in [0.25, 0.3) is 11.1 Å². The molecule has 4 heteroatoms. The highest BCUT2D eigenvalue weighted by Gasteiger charge is 2.04. The number of methoxy groups -OCH3 is 1. The predicted octanol–water partition coefficient (Wildman–Crippen LogP) is 2.04. The quantitative estimate of drug-likeness (QED) is 0.832. The molecular formula is C12H13N3O. The SMILES string of the molecule is COc1ccc(-c2cnc(N)nc2)c(C)c1. The Bertz CT molecular complexity index is 494. The van der Waals surface area contributed by atoms with Crippen LogP contribution in [0.5, 0.6) is 5.75 Å². The van der Waals surface area contributed by atoms with Gasteiger partial charge in [-0.3, -0.25) is 0 Å². The van der Waals surface area contributed by atoms with Gasteiger partial charge in [0.05, 0.1) is 7.11 Å². The fourth-order valence-corrected chi connectivity index (χ4v) is 1.56. The predicted molar refractivity (Wildman–Crippen MR) is 63.2 cm³/mol. The van der Waals surface area contributed by atoms with Gasteiger partial charge in [-0.2, -0.15) is 0 Å². The Kier molecular flexibility index (Phi) is 2.72. The molecule has 0 saturated carbocycles. The van der Waals surface area contributed by atoms with Crippen LogP contribution in [-0.2, 0) is 0 Å². The summed E-state index contributed by atoms with van der Waals surface area (Å²) in [5, 5.41) is 0. The Balaban J connectivity index is 2.44. The number of anilines is 1. The minimum Gasteiger partial charge on any atom is -0.497 e. The standard InChI is InChI=1S/C12H13N3O/c1-8-5-10(16-2)3-4-11(8)9-6-14-12(13)15-7-9/h3-7H,1-2H3,(H2,13,14,15). The molecule has 0 atom stereocenters. The first kappa shape index (κ1) is 10.4. The highest BCUT2D eigenvalue weighted by atomic mass is 16.5. The molecule has 0 aliphatic carbocycles. The van der Waals surface area contributed by atoms with E-state index >= 15 is 0 Å². The highest BCUT2D eigenvalue weighted by molar-refractivity contribution is 5.66. The Morgan fingerprint density at radius 3 is 2.44 bits per heavy atom. The zero-order chi connectivity index (χ0) is 11.5. The molecule has 0 spiro atoms. The van der Waals surface area contributed by atoms with Crippen molar-refractivity contribution >= 4 is 5.95 Å². The fourth-order valence-electron chi connectivity index (χ4n) is 1.56. The molecular weight excluding hydrogens is 202 g/mol. The number of rotatable bonds is 2. The van der Waals surface area contributed by atoms with Crippen LogP contribution in [0.3, 0.4) is 0 Å². The summed E-state index contributed by atoms with van der Waals surface area (Å²) in [7, 11) is 1.65. The zero-order valence-electron chi connectivity index (χ0n) is 9.27. The molecule has 1 aromatic heterocycles. The van der Waals surface area contributed by atoms with E-state index in [0.29, 0.717) is 0 Å². The van der Waals surface area contributed by atoms with Crippen molar-refractivity contribution < 1.29 is 4.74 Å². The van der Waals surface area contributed by atoms with Gasteiger partial charge in [0.15, 0.2) is 0 Å². The molecule has 82 valence electrons. The molecule has 2 rings (SSSR count). The number of aromatic nitrogens is 2. The van der Waals surface area contributed by atoms with Crippen molar-refractivity contribution in [2.75, 3.05) is 12.8 Å². The molecule has 2 N–H and O–H groups in total. The molecule has 4 nitrogen and oxygen atoms in total. The Hall–Kier alpha value is -2.10. The fraction of sp³-hybridized carbons (Fsp3) is 0.167. The summed E-state index contributed by atoms with van der Waals surface area (Å²) in [4.78, 5) is 7.95. The highest BCUT2D eigenvalue weighted by Crippen LogP contribution is 2.25. The number of aryl methyl sites for hydroxylation is 1. The lowest BCUT2D eigenvalue weighted by Crippen LogP contribution is -1.94. The van der Waals surface area contributed by atoms with Crippen LogP contribution < -0.4 is 10.5 Å². The maximum Gasteiger partial charge on any atom is 0.219 e. The van der Waals surface area contributed by atoms with E-state index in [1.165, 1.54) is 0 Å². The van der Waals surface area contributed by atoms with Crippen LogP contribution in [0.2, 0.25) is 0 Å². The van der Waals surface area contributed by atoms with Gasteiger partial charge >= 0.3 is 0 Å². The van der Waals surface area contributed by atoms with Crippen LogP contribution in [0.1, 0.15) is 5.56 Å². The van der Waals surface area contributed by atoms with Crippen molar-refractivity contribution in [2.45, 2.75) is 6.92 Å². The average Bonchev–Trinajstić information content (AvgIpc) is 2.30. The van der Waals surface area contributed by atoms with Crippen molar-refractivity contribution in [3.05, 3.63) is 36.2 Å². The Morgan fingerprint density at radius 1 is 1.19 bits per heavy atom. The van der Waals surface area contributed by atoms with Gasteiger partial charge in [0.2, 0.25) is 5.95 Å². The summed E-state index contributed by atoms with van der Waals surface area (Å²) in [5.41, 5.74) is 8.60.